The number of likely N-dealkylation sites (tertiary alicyclic amines) is 1. The second-order valence-corrected chi connectivity index (χ2v) is 10.4. The molecule has 1 saturated heterocycles. The lowest BCUT2D eigenvalue weighted by molar-refractivity contribution is -0.120. The minimum Gasteiger partial charge on any atom is -0.309 e. The van der Waals surface area contributed by atoms with Crippen molar-refractivity contribution in [3.63, 3.8) is 0 Å². The summed E-state index contributed by atoms with van der Waals surface area (Å²) < 4.78 is 28.3. The third-order valence-corrected chi connectivity index (χ3v) is 7.83. The first kappa shape index (κ1) is 19.9. The van der Waals surface area contributed by atoms with Gasteiger partial charge in [0.05, 0.1) is 4.90 Å². The monoisotopic (exact) mass is 405 g/mol. The number of nitrogens with one attached hydrogen (secondary N) is 1. The molecular weight excluding hydrogens is 374 g/mol. The van der Waals surface area contributed by atoms with Crippen molar-refractivity contribution in [3.8, 4) is 0 Å². The van der Waals surface area contributed by atoms with Gasteiger partial charge in [-0.2, -0.15) is 0 Å². The number of benzene rings is 1. The number of fused-ring (bicyclic) bond motifs is 1. The summed E-state index contributed by atoms with van der Waals surface area (Å²) in [5, 5.41) is 0. The molecule has 0 bridgehead atoms. The fourth-order valence-corrected chi connectivity index (χ4v) is 5.61. The number of anilines is 1. The van der Waals surface area contributed by atoms with E-state index in [9.17, 15) is 13.2 Å². The number of rotatable bonds is 6. The van der Waals surface area contributed by atoms with Crippen LogP contribution in [0.2, 0.25) is 0 Å². The Hall–Kier alpha value is -1.44. The molecule has 7 heteroatoms. The first-order chi connectivity index (χ1) is 13.4. The van der Waals surface area contributed by atoms with Crippen molar-refractivity contribution in [3.05, 3.63) is 23.8 Å². The van der Waals surface area contributed by atoms with Crippen LogP contribution in [0.15, 0.2) is 23.1 Å². The Bertz CT molecular complexity index is 850. The zero-order valence-corrected chi connectivity index (χ0v) is 17.7. The van der Waals surface area contributed by atoms with Gasteiger partial charge in [0.25, 0.3) is 0 Å². The Kier molecular flexibility index (Phi) is 5.51. The second kappa shape index (κ2) is 7.76. The van der Waals surface area contributed by atoms with Gasteiger partial charge in [-0.1, -0.05) is 6.42 Å². The van der Waals surface area contributed by atoms with Crippen LogP contribution in [-0.2, 0) is 21.2 Å². The number of piperidine rings is 1. The maximum absolute atomic E-state index is 12.8. The minimum atomic E-state index is -3.54. The topological polar surface area (TPSA) is 69.7 Å². The molecule has 1 saturated carbocycles. The molecule has 3 aliphatic rings. The normalized spacial score (nSPS) is 25.7. The summed E-state index contributed by atoms with van der Waals surface area (Å²) in [5.74, 6) is 0.353. The van der Waals surface area contributed by atoms with Crippen LogP contribution in [0.4, 0.5) is 5.69 Å². The highest BCUT2D eigenvalue weighted by Crippen LogP contribution is 2.39. The van der Waals surface area contributed by atoms with Crippen LogP contribution in [0, 0.1) is 5.92 Å². The number of amides is 1. The summed E-state index contributed by atoms with van der Waals surface area (Å²) in [4.78, 5) is 17.1. The molecule has 6 nitrogen and oxygen atoms in total. The van der Waals surface area contributed by atoms with Crippen LogP contribution in [0.5, 0.6) is 0 Å². The molecule has 0 unspecified atom stereocenters. The van der Waals surface area contributed by atoms with Gasteiger partial charge in [0.15, 0.2) is 0 Å². The Morgan fingerprint density at radius 3 is 2.64 bits per heavy atom. The molecule has 2 aliphatic heterocycles. The summed E-state index contributed by atoms with van der Waals surface area (Å²) in [6, 6.07) is 5.80. The highest BCUT2D eigenvalue weighted by Gasteiger charge is 2.39. The molecule has 2 atom stereocenters. The second-order valence-electron chi connectivity index (χ2n) is 8.60. The van der Waals surface area contributed by atoms with Crippen LogP contribution in [0.25, 0.3) is 0 Å². The van der Waals surface area contributed by atoms with Gasteiger partial charge in [0.1, 0.15) is 0 Å². The zero-order valence-electron chi connectivity index (χ0n) is 16.9. The minimum absolute atomic E-state index is 0.0922. The Balaban J connectivity index is 1.42. The van der Waals surface area contributed by atoms with E-state index in [1.807, 2.05) is 11.8 Å². The van der Waals surface area contributed by atoms with Crippen LogP contribution in [0.3, 0.4) is 0 Å². The molecule has 2 fully saturated rings. The van der Waals surface area contributed by atoms with Crippen molar-refractivity contribution in [2.75, 3.05) is 24.5 Å². The van der Waals surface area contributed by atoms with E-state index in [2.05, 4.69) is 16.5 Å². The molecule has 0 aromatic heterocycles. The van der Waals surface area contributed by atoms with Crippen LogP contribution < -0.4 is 9.62 Å². The van der Waals surface area contributed by atoms with E-state index in [0.29, 0.717) is 23.9 Å². The maximum atomic E-state index is 12.8. The fraction of sp³-hybridized carbons (Fsp3) is 0.667. The van der Waals surface area contributed by atoms with E-state index in [0.717, 1.165) is 37.2 Å². The van der Waals surface area contributed by atoms with Crippen LogP contribution in [-0.4, -0.2) is 50.9 Å². The summed E-state index contributed by atoms with van der Waals surface area (Å²) in [7, 11) is -3.54. The smallest absolute Gasteiger partial charge is 0.240 e. The zero-order chi connectivity index (χ0) is 19.9. The van der Waals surface area contributed by atoms with E-state index < -0.39 is 10.0 Å². The van der Waals surface area contributed by atoms with Crippen molar-refractivity contribution < 1.29 is 13.2 Å². The molecule has 28 heavy (non-hydrogen) atoms. The Labute approximate surface area is 168 Å². The molecule has 1 amide bonds. The lowest BCUT2D eigenvalue weighted by Gasteiger charge is -2.33. The van der Waals surface area contributed by atoms with Gasteiger partial charge in [-0.05, 0) is 76.3 Å². The summed E-state index contributed by atoms with van der Waals surface area (Å²) in [5.41, 5.74) is 1.83. The Morgan fingerprint density at radius 2 is 1.93 bits per heavy atom. The average Bonchev–Trinajstić information content (AvgIpc) is 3.45. The molecule has 1 N–H and O–H groups in total. The summed E-state index contributed by atoms with van der Waals surface area (Å²) in [6.07, 6.45) is 6.30. The molecule has 154 valence electrons. The van der Waals surface area contributed by atoms with Crippen molar-refractivity contribution in [2.45, 2.75) is 69.4 Å². The van der Waals surface area contributed by atoms with Crippen LogP contribution >= 0.6 is 0 Å². The van der Waals surface area contributed by atoms with Crippen molar-refractivity contribution >= 4 is 21.6 Å². The standard InChI is InChI=1S/C21H31N3O3S/c1-15-5-3-4-11-23(15)12-10-22-28(26,27)19-8-9-20-18(14-19)13-16(2)24(20)21(25)17-6-7-17/h8-9,14-17,22H,3-7,10-13H2,1-2H3/t15-,16-/m0/s1. The lowest BCUT2D eigenvalue weighted by Crippen LogP contribution is -2.42. The van der Waals surface area contributed by atoms with E-state index in [-0.39, 0.29) is 17.9 Å². The predicted molar refractivity (Wildman–Crippen MR) is 110 cm³/mol. The van der Waals surface area contributed by atoms with Crippen LogP contribution in [0.1, 0.15) is 51.5 Å². The number of carbonyl (C=O) groups excluding carboxylic acids is 1. The van der Waals surface area contributed by atoms with E-state index >= 15 is 0 Å². The third-order valence-electron chi connectivity index (χ3n) is 6.37. The molecule has 2 heterocycles. The number of carbonyl (C=O) groups is 1. The number of hydrogen-bond donors (Lipinski definition) is 1. The van der Waals surface area contributed by atoms with Gasteiger partial charge in [-0.3, -0.25) is 9.69 Å². The highest BCUT2D eigenvalue weighted by molar-refractivity contribution is 7.89. The first-order valence-corrected chi connectivity index (χ1v) is 12.0. The van der Waals surface area contributed by atoms with Gasteiger partial charge in [0, 0.05) is 36.8 Å². The molecular formula is C21H31N3O3S. The van der Waals surface area contributed by atoms with E-state index in [4.69, 9.17) is 0 Å². The average molecular weight is 406 g/mol. The van der Waals surface area contributed by atoms with Crippen molar-refractivity contribution in [2.24, 2.45) is 5.92 Å². The largest absolute Gasteiger partial charge is 0.309 e. The van der Waals surface area contributed by atoms with Crippen molar-refractivity contribution in [1.29, 1.82) is 0 Å². The van der Waals surface area contributed by atoms with Gasteiger partial charge < -0.3 is 4.90 Å². The van der Waals surface area contributed by atoms with Crippen molar-refractivity contribution in [1.82, 2.24) is 9.62 Å². The highest BCUT2D eigenvalue weighted by atomic mass is 32.2. The first-order valence-electron chi connectivity index (χ1n) is 10.6. The van der Waals surface area contributed by atoms with Gasteiger partial charge in [-0.25, -0.2) is 13.1 Å². The molecule has 4 rings (SSSR count). The summed E-state index contributed by atoms with van der Waals surface area (Å²) >= 11 is 0. The lowest BCUT2D eigenvalue weighted by atomic mass is 10.0. The van der Waals surface area contributed by atoms with E-state index in [1.54, 1.807) is 18.2 Å². The van der Waals surface area contributed by atoms with E-state index in [1.165, 1.54) is 19.3 Å². The maximum Gasteiger partial charge on any atom is 0.240 e. The van der Waals surface area contributed by atoms with Gasteiger partial charge >= 0.3 is 0 Å². The molecule has 0 spiro atoms. The summed E-state index contributed by atoms with van der Waals surface area (Å²) in [6.45, 7) is 6.46. The van der Waals surface area contributed by atoms with Gasteiger partial charge in [-0.15, -0.1) is 0 Å². The molecule has 0 radical (unpaired) electrons. The quantitative estimate of drug-likeness (QED) is 0.790. The number of sulfonamides is 1. The number of nitrogens with zero attached hydrogens (tertiary/aromatic N) is 2. The fourth-order valence-electron chi connectivity index (χ4n) is 4.53. The Morgan fingerprint density at radius 1 is 1.14 bits per heavy atom. The number of hydrogen-bond acceptors (Lipinski definition) is 4. The SMILES string of the molecule is C[C@H]1CCCCN1CCNS(=O)(=O)c1ccc2c(c1)C[C@H](C)N2C(=O)C1CC1. The van der Waals surface area contributed by atoms with Gasteiger partial charge in [0.2, 0.25) is 15.9 Å². The predicted octanol–water partition coefficient (Wildman–Crippen LogP) is 2.53. The molecule has 1 aromatic rings. The molecule has 1 aromatic carbocycles. The third kappa shape index (κ3) is 3.98. The molecule has 1 aliphatic carbocycles.